The van der Waals surface area contributed by atoms with Crippen LogP contribution in [0.4, 0.5) is 0 Å². The Kier molecular flexibility index (Phi) is 3.98. The van der Waals surface area contributed by atoms with Gasteiger partial charge in [-0.3, -0.25) is 4.79 Å². The third-order valence-electron chi connectivity index (χ3n) is 4.46. The Bertz CT molecular complexity index is 916. The SMILES string of the molecule is O=C(NCc1cccc(Cl)c1)c1ccc2c(c1)nc1n2CCCC1. The minimum atomic E-state index is -0.0946. The Morgan fingerprint density at radius 1 is 1.21 bits per heavy atom. The molecule has 0 bridgehead atoms. The Morgan fingerprint density at radius 3 is 3.00 bits per heavy atom. The summed E-state index contributed by atoms with van der Waals surface area (Å²) in [6, 6.07) is 13.3. The summed E-state index contributed by atoms with van der Waals surface area (Å²) in [6.07, 6.45) is 3.40. The Balaban J connectivity index is 1.54. The van der Waals surface area contributed by atoms with Gasteiger partial charge in [0.05, 0.1) is 11.0 Å². The van der Waals surface area contributed by atoms with E-state index in [0.29, 0.717) is 17.1 Å². The molecule has 0 unspecified atom stereocenters. The highest BCUT2D eigenvalue weighted by atomic mass is 35.5. The molecular formula is C19H18ClN3O. The molecule has 0 saturated heterocycles. The van der Waals surface area contributed by atoms with Crippen molar-refractivity contribution in [3.05, 3.63) is 64.4 Å². The highest BCUT2D eigenvalue weighted by Crippen LogP contribution is 2.23. The number of aromatic nitrogens is 2. The summed E-state index contributed by atoms with van der Waals surface area (Å²) in [4.78, 5) is 17.1. The minimum absolute atomic E-state index is 0.0946. The number of fused-ring (bicyclic) bond motifs is 3. The zero-order valence-electron chi connectivity index (χ0n) is 13.3. The third-order valence-corrected chi connectivity index (χ3v) is 4.70. The van der Waals surface area contributed by atoms with Crippen LogP contribution in [0, 0.1) is 0 Å². The number of imidazole rings is 1. The molecule has 0 saturated carbocycles. The molecule has 1 aromatic heterocycles. The second-order valence-corrected chi connectivity index (χ2v) is 6.59. The lowest BCUT2D eigenvalue weighted by Gasteiger charge is -2.13. The van der Waals surface area contributed by atoms with Crippen molar-refractivity contribution in [2.45, 2.75) is 32.4 Å². The summed E-state index contributed by atoms with van der Waals surface area (Å²) in [5.74, 6) is 1.04. The Labute approximate surface area is 145 Å². The largest absolute Gasteiger partial charge is 0.348 e. The lowest BCUT2D eigenvalue weighted by molar-refractivity contribution is 0.0951. The maximum atomic E-state index is 12.4. The average Bonchev–Trinajstić information content (AvgIpc) is 2.97. The van der Waals surface area contributed by atoms with E-state index in [0.717, 1.165) is 35.4 Å². The second-order valence-electron chi connectivity index (χ2n) is 6.15. The van der Waals surface area contributed by atoms with E-state index in [2.05, 4.69) is 9.88 Å². The predicted octanol–water partition coefficient (Wildman–Crippen LogP) is 3.96. The fourth-order valence-corrected chi connectivity index (χ4v) is 3.46. The van der Waals surface area contributed by atoms with Crippen molar-refractivity contribution in [3.63, 3.8) is 0 Å². The number of nitrogens with zero attached hydrogens (tertiary/aromatic N) is 2. The summed E-state index contributed by atoms with van der Waals surface area (Å²) in [5.41, 5.74) is 3.65. The van der Waals surface area contributed by atoms with Gasteiger partial charge in [0.1, 0.15) is 5.82 Å². The van der Waals surface area contributed by atoms with Crippen LogP contribution in [-0.2, 0) is 19.5 Å². The fraction of sp³-hybridized carbons (Fsp3) is 0.263. The molecule has 1 amide bonds. The van der Waals surface area contributed by atoms with Crippen LogP contribution >= 0.6 is 11.6 Å². The van der Waals surface area contributed by atoms with Crippen LogP contribution in [0.15, 0.2) is 42.5 Å². The number of amides is 1. The van der Waals surface area contributed by atoms with Crippen molar-refractivity contribution in [1.29, 1.82) is 0 Å². The van der Waals surface area contributed by atoms with Gasteiger partial charge in [-0.1, -0.05) is 23.7 Å². The molecule has 1 aliphatic heterocycles. The van der Waals surface area contributed by atoms with Crippen molar-refractivity contribution in [1.82, 2.24) is 14.9 Å². The first-order chi connectivity index (χ1) is 11.7. The zero-order valence-corrected chi connectivity index (χ0v) is 14.0. The van der Waals surface area contributed by atoms with E-state index in [-0.39, 0.29) is 5.91 Å². The van der Waals surface area contributed by atoms with Crippen molar-refractivity contribution in [2.24, 2.45) is 0 Å². The molecule has 0 radical (unpaired) electrons. The third kappa shape index (κ3) is 2.89. The molecule has 5 heteroatoms. The van der Waals surface area contributed by atoms with E-state index in [9.17, 15) is 4.79 Å². The molecule has 2 heterocycles. The van der Waals surface area contributed by atoms with Crippen LogP contribution < -0.4 is 5.32 Å². The van der Waals surface area contributed by atoms with Crippen LogP contribution in [0.2, 0.25) is 5.02 Å². The van der Waals surface area contributed by atoms with Crippen LogP contribution in [0.1, 0.15) is 34.6 Å². The topological polar surface area (TPSA) is 46.9 Å². The van der Waals surface area contributed by atoms with E-state index < -0.39 is 0 Å². The molecule has 24 heavy (non-hydrogen) atoms. The average molecular weight is 340 g/mol. The number of halogens is 1. The first kappa shape index (κ1) is 15.2. The lowest BCUT2D eigenvalue weighted by atomic mass is 10.1. The molecule has 122 valence electrons. The van der Waals surface area contributed by atoms with Gasteiger partial charge in [-0.2, -0.15) is 0 Å². The van der Waals surface area contributed by atoms with Crippen molar-refractivity contribution >= 4 is 28.5 Å². The molecule has 0 aliphatic carbocycles. The van der Waals surface area contributed by atoms with Gasteiger partial charge >= 0.3 is 0 Å². The summed E-state index contributed by atoms with van der Waals surface area (Å²) in [6.45, 7) is 1.48. The van der Waals surface area contributed by atoms with Gasteiger partial charge in [-0.05, 0) is 48.7 Å². The van der Waals surface area contributed by atoms with Gasteiger partial charge < -0.3 is 9.88 Å². The number of nitrogens with one attached hydrogen (secondary N) is 1. The van der Waals surface area contributed by atoms with E-state index in [1.165, 1.54) is 12.8 Å². The number of hydrogen-bond donors (Lipinski definition) is 1. The normalized spacial score (nSPS) is 13.7. The van der Waals surface area contributed by atoms with Crippen LogP contribution in [0.5, 0.6) is 0 Å². The number of benzene rings is 2. The number of aryl methyl sites for hydroxylation is 2. The summed E-state index contributed by atoms with van der Waals surface area (Å²) in [7, 11) is 0. The molecule has 2 aromatic carbocycles. The Hall–Kier alpha value is -2.33. The number of carbonyl (C=O) groups is 1. The molecule has 4 rings (SSSR count). The van der Waals surface area contributed by atoms with Crippen molar-refractivity contribution in [3.8, 4) is 0 Å². The van der Waals surface area contributed by atoms with Gasteiger partial charge in [-0.15, -0.1) is 0 Å². The molecule has 0 spiro atoms. The number of rotatable bonds is 3. The molecule has 1 N–H and O–H groups in total. The second kappa shape index (κ2) is 6.29. The van der Waals surface area contributed by atoms with E-state index in [4.69, 9.17) is 16.6 Å². The first-order valence-electron chi connectivity index (χ1n) is 8.22. The number of carbonyl (C=O) groups excluding carboxylic acids is 1. The fourth-order valence-electron chi connectivity index (χ4n) is 3.25. The summed E-state index contributed by atoms with van der Waals surface area (Å²) < 4.78 is 2.27. The zero-order chi connectivity index (χ0) is 16.5. The minimum Gasteiger partial charge on any atom is -0.348 e. The monoisotopic (exact) mass is 339 g/mol. The highest BCUT2D eigenvalue weighted by Gasteiger charge is 2.16. The quantitative estimate of drug-likeness (QED) is 0.785. The van der Waals surface area contributed by atoms with Crippen molar-refractivity contribution in [2.75, 3.05) is 0 Å². The smallest absolute Gasteiger partial charge is 0.251 e. The van der Waals surface area contributed by atoms with Crippen molar-refractivity contribution < 1.29 is 4.79 Å². The van der Waals surface area contributed by atoms with Gasteiger partial charge in [0.2, 0.25) is 0 Å². The lowest BCUT2D eigenvalue weighted by Crippen LogP contribution is -2.22. The summed E-state index contributed by atoms with van der Waals surface area (Å²) >= 11 is 5.97. The molecule has 0 atom stereocenters. The highest BCUT2D eigenvalue weighted by molar-refractivity contribution is 6.30. The van der Waals surface area contributed by atoms with Gasteiger partial charge in [0.25, 0.3) is 5.91 Å². The van der Waals surface area contributed by atoms with E-state index in [1.807, 2.05) is 42.5 Å². The van der Waals surface area contributed by atoms with Gasteiger partial charge in [-0.25, -0.2) is 4.98 Å². The Morgan fingerprint density at radius 2 is 2.12 bits per heavy atom. The van der Waals surface area contributed by atoms with E-state index >= 15 is 0 Å². The van der Waals surface area contributed by atoms with Crippen LogP contribution in [0.25, 0.3) is 11.0 Å². The standard InChI is InChI=1S/C19H18ClN3O/c20-15-5-3-4-13(10-15)12-21-19(24)14-7-8-17-16(11-14)22-18-6-1-2-9-23(17)18/h3-5,7-8,10-11H,1-2,6,9,12H2,(H,21,24). The molecule has 0 fully saturated rings. The molecule has 3 aromatic rings. The molecule has 1 aliphatic rings. The predicted molar refractivity (Wildman–Crippen MR) is 95.3 cm³/mol. The maximum Gasteiger partial charge on any atom is 0.251 e. The first-order valence-corrected chi connectivity index (χ1v) is 8.60. The van der Waals surface area contributed by atoms with Crippen LogP contribution in [0.3, 0.4) is 0 Å². The number of hydrogen-bond acceptors (Lipinski definition) is 2. The van der Waals surface area contributed by atoms with E-state index in [1.54, 1.807) is 0 Å². The van der Waals surface area contributed by atoms with Gasteiger partial charge in [0.15, 0.2) is 0 Å². The van der Waals surface area contributed by atoms with Gasteiger partial charge in [0, 0.05) is 30.1 Å². The molecular weight excluding hydrogens is 322 g/mol. The van der Waals surface area contributed by atoms with Crippen LogP contribution in [-0.4, -0.2) is 15.5 Å². The molecule has 4 nitrogen and oxygen atoms in total. The maximum absolute atomic E-state index is 12.4. The summed E-state index contributed by atoms with van der Waals surface area (Å²) in [5, 5.41) is 3.61.